The van der Waals surface area contributed by atoms with Crippen molar-refractivity contribution >= 4 is 11.9 Å². The van der Waals surface area contributed by atoms with Gasteiger partial charge in [0.2, 0.25) is 0 Å². The van der Waals surface area contributed by atoms with Crippen LogP contribution in [0.15, 0.2) is 24.3 Å². The third kappa shape index (κ3) is 1.99. The molecule has 98 valence electrons. The van der Waals surface area contributed by atoms with E-state index in [0.717, 1.165) is 0 Å². The fourth-order valence-electron chi connectivity index (χ4n) is 2.12. The summed E-state index contributed by atoms with van der Waals surface area (Å²) in [5.41, 5.74) is 0.617. The third-order valence-electron chi connectivity index (χ3n) is 3.01. The molecule has 0 radical (unpaired) electrons. The van der Waals surface area contributed by atoms with Gasteiger partial charge in [0.1, 0.15) is 6.04 Å². The fraction of sp³-hybridized carbons (Fsp3) is 0.500. The van der Waals surface area contributed by atoms with Gasteiger partial charge in [-0.1, -0.05) is 12.2 Å². The van der Waals surface area contributed by atoms with E-state index in [9.17, 15) is 9.59 Å². The van der Waals surface area contributed by atoms with E-state index in [1.807, 2.05) is 0 Å². The quantitative estimate of drug-likeness (QED) is 0.672. The summed E-state index contributed by atoms with van der Waals surface area (Å²) in [6.07, 6.45) is 3.37. The zero-order valence-corrected chi connectivity index (χ0v) is 10.6. The summed E-state index contributed by atoms with van der Waals surface area (Å²) < 4.78 is 0. The van der Waals surface area contributed by atoms with Crippen molar-refractivity contribution in [1.82, 2.24) is 14.9 Å². The van der Waals surface area contributed by atoms with Crippen LogP contribution in [-0.2, 0) is 9.63 Å². The Morgan fingerprint density at radius 3 is 3.00 bits per heavy atom. The molecule has 2 aliphatic rings. The van der Waals surface area contributed by atoms with Gasteiger partial charge in [-0.25, -0.2) is 4.79 Å². The maximum absolute atomic E-state index is 12.0. The van der Waals surface area contributed by atoms with Crippen LogP contribution in [0, 0.1) is 0 Å². The molecule has 2 aliphatic heterocycles. The lowest BCUT2D eigenvalue weighted by atomic mass is 10.0. The number of hydrogen-bond donors (Lipinski definition) is 0. The normalized spacial score (nSPS) is 22.0. The first kappa shape index (κ1) is 12.6. The Morgan fingerprint density at radius 1 is 1.67 bits per heavy atom. The lowest BCUT2D eigenvalue weighted by Gasteiger charge is -2.25. The van der Waals surface area contributed by atoms with Gasteiger partial charge in [-0.15, -0.1) is 6.58 Å². The van der Waals surface area contributed by atoms with Gasteiger partial charge in [-0.2, -0.15) is 5.06 Å². The first-order valence-corrected chi connectivity index (χ1v) is 5.80. The van der Waals surface area contributed by atoms with Gasteiger partial charge in [0.25, 0.3) is 5.91 Å². The van der Waals surface area contributed by atoms with Crippen molar-refractivity contribution in [2.24, 2.45) is 0 Å². The highest BCUT2D eigenvalue weighted by atomic mass is 16.7. The SMILES string of the molecule is C=CCON1C(=O)N2CC=C(C(=O)N(C)C)C1C2. The van der Waals surface area contributed by atoms with E-state index in [0.29, 0.717) is 18.7 Å². The maximum Gasteiger partial charge on any atom is 0.344 e. The summed E-state index contributed by atoms with van der Waals surface area (Å²) in [6.45, 7) is 4.76. The van der Waals surface area contributed by atoms with Crippen molar-refractivity contribution in [2.45, 2.75) is 6.04 Å². The lowest BCUT2D eigenvalue weighted by molar-refractivity contribution is -0.131. The van der Waals surface area contributed by atoms with Crippen molar-refractivity contribution in [2.75, 3.05) is 33.8 Å². The number of amides is 3. The number of rotatable bonds is 4. The molecule has 0 saturated carbocycles. The van der Waals surface area contributed by atoms with Crippen LogP contribution < -0.4 is 0 Å². The second-order valence-corrected chi connectivity index (χ2v) is 4.47. The molecular formula is C12H17N3O3. The van der Waals surface area contributed by atoms with Crippen LogP contribution in [0.25, 0.3) is 0 Å². The van der Waals surface area contributed by atoms with Crippen molar-refractivity contribution < 1.29 is 14.4 Å². The molecule has 0 aromatic rings. The fourth-order valence-corrected chi connectivity index (χ4v) is 2.12. The predicted octanol–water partition coefficient (Wildman–Crippen LogP) is 0.238. The molecule has 2 rings (SSSR count). The largest absolute Gasteiger partial charge is 0.345 e. The highest BCUT2D eigenvalue weighted by Gasteiger charge is 2.44. The van der Waals surface area contributed by atoms with Gasteiger partial charge in [0.15, 0.2) is 0 Å². The van der Waals surface area contributed by atoms with Gasteiger partial charge in [-0.05, 0) is 0 Å². The number of likely N-dealkylation sites (N-methyl/N-ethyl adjacent to an activating group) is 1. The number of carbonyl (C=O) groups excluding carboxylic acids is 2. The van der Waals surface area contributed by atoms with Gasteiger partial charge >= 0.3 is 6.03 Å². The Bertz CT molecular complexity index is 417. The first-order chi connectivity index (χ1) is 8.56. The number of urea groups is 1. The summed E-state index contributed by atoms with van der Waals surface area (Å²) >= 11 is 0. The molecule has 6 heteroatoms. The number of carbonyl (C=O) groups is 2. The van der Waals surface area contributed by atoms with E-state index in [-0.39, 0.29) is 24.6 Å². The second kappa shape index (κ2) is 4.81. The minimum absolute atomic E-state index is 0.0819. The smallest absolute Gasteiger partial charge is 0.344 e. The van der Waals surface area contributed by atoms with E-state index in [2.05, 4.69) is 6.58 Å². The first-order valence-electron chi connectivity index (χ1n) is 5.80. The molecule has 0 aromatic heterocycles. The number of nitrogens with zero attached hydrogens (tertiary/aromatic N) is 3. The maximum atomic E-state index is 12.0. The van der Waals surface area contributed by atoms with Crippen LogP contribution in [0.3, 0.4) is 0 Å². The van der Waals surface area contributed by atoms with Crippen molar-refractivity contribution in [3.63, 3.8) is 0 Å². The van der Waals surface area contributed by atoms with Gasteiger partial charge in [0.05, 0.1) is 13.2 Å². The number of hydroxylamine groups is 2. The molecule has 2 bridgehead atoms. The molecule has 0 spiro atoms. The summed E-state index contributed by atoms with van der Waals surface area (Å²) in [5, 5.41) is 1.28. The van der Waals surface area contributed by atoms with E-state index in [4.69, 9.17) is 4.84 Å². The summed E-state index contributed by atoms with van der Waals surface area (Å²) in [4.78, 5) is 32.5. The van der Waals surface area contributed by atoms with Crippen LogP contribution in [-0.4, -0.2) is 66.6 Å². The van der Waals surface area contributed by atoms with Crippen molar-refractivity contribution in [3.05, 3.63) is 24.3 Å². The third-order valence-corrected chi connectivity index (χ3v) is 3.01. The van der Waals surface area contributed by atoms with Crippen LogP contribution in [0.5, 0.6) is 0 Å². The summed E-state index contributed by atoms with van der Waals surface area (Å²) in [5.74, 6) is -0.0819. The van der Waals surface area contributed by atoms with Gasteiger partial charge in [0, 0.05) is 26.2 Å². The molecule has 0 N–H and O–H groups in total. The molecule has 0 aromatic carbocycles. The average Bonchev–Trinajstić information content (AvgIpc) is 2.59. The molecule has 3 amide bonds. The molecule has 6 nitrogen and oxygen atoms in total. The van der Waals surface area contributed by atoms with Gasteiger partial charge in [-0.3, -0.25) is 9.63 Å². The van der Waals surface area contributed by atoms with E-state index in [1.165, 1.54) is 9.96 Å². The monoisotopic (exact) mass is 251 g/mol. The van der Waals surface area contributed by atoms with Crippen LogP contribution >= 0.6 is 0 Å². The molecule has 1 saturated heterocycles. The van der Waals surface area contributed by atoms with Crippen LogP contribution in [0.1, 0.15) is 0 Å². The highest BCUT2D eigenvalue weighted by molar-refractivity contribution is 5.96. The summed E-state index contributed by atoms with van der Waals surface area (Å²) in [6, 6.07) is -0.513. The van der Waals surface area contributed by atoms with Crippen molar-refractivity contribution in [3.8, 4) is 0 Å². The Labute approximate surface area is 106 Å². The Hall–Kier alpha value is -1.82. The number of fused-ring (bicyclic) bond motifs is 2. The zero-order chi connectivity index (χ0) is 13.3. The van der Waals surface area contributed by atoms with Crippen LogP contribution in [0.2, 0.25) is 0 Å². The number of hydrogen-bond acceptors (Lipinski definition) is 3. The van der Waals surface area contributed by atoms with E-state index in [1.54, 1.807) is 31.1 Å². The van der Waals surface area contributed by atoms with Crippen LogP contribution in [0.4, 0.5) is 4.79 Å². The Kier molecular flexibility index (Phi) is 3.38. The lowest BCUT2D eigenvalue weighted by Crippen LogP contribution is -2.40. The Morgan fingerprint density at radius 2 is 2.39 bits per heavy atom. The molecule has 2 heterocycles. The average molecular weight is 251 g/mol. The predicted molar refractivity (Wildman–Crippen MR) is 65.5 cm³/mol. The molecule has 1 fully saturated rings. The standard InChI is InChI=1S/C12H17N3O3/c1-4-7-18-15-10-8-14(12(15)17)6-5-9(10)11(16)13(2)3/h4-5,10H,1,6-8H2,2-3H3. The molecule has 1 unspecified atom stereocenters. The molecule has 18 heavy (non-hydrogen) atoms. The highest BCUT2D eigenvalue weighted by Crippen LogP contribution is 2.27. The topological polar surface area (TPSA) is 53.1 Å². The zero-order valence-electron chi connectivity index (χ0n) is 10.6. The van der Waals surface area contributed by atoms with Crippen molar-refractivity contribution in [1.29, 1.82) is 0 Å². The minimum Gasteiger partial charge on any atom is -0.345 e. The Balaban J connectivity index is 2.20. The molecule has 0 aliphatic carbocycles. The second-order valence-electron chi connectivity index (χ2n) is 4.47. The van der Waals surface area contributed by atoms with E-state index >= 15 is 0 Å². The van der Waals surface area contributed by atoms with Gasteiger partial charge < -0.3 is 9.80 Å². The minimum atomic E-state index is -0.318. The summed E-state index contributed by atoms with van der Waals surface area (Å²) in [7, 11) is 3.39. The van der Waals surface area contributed by atoms with E-state index < -0.39 is 0 Å². The molecule has 1 atom stereocenters. The molecular weight excluding hydrogens is 234 g/mol.